The SMILES string of the molecule is CC(=O)Nc1ccc(C(C)=O)c(N)c1CCCl. The first-order chi connectivity index (χ1) is 7.97. The molecule has 0 fully saturated rings. The van der Waals surface area contributed by atoms with E-state index in [2.05, 4.69) is 5.32 Å². The Morgan fingerprint density at radius 2 is 2.00 bits per heavy atom. The normalized spacial score (nSPS) is 10.1. The maximum Gasteiger partial charge on any atom is 0.221 e. The van der Waals surface area contributed by atoms with Crippen molar-refractivity contribution in [3.05, 3.63) is 23.3 Å². The number of hydrogen-bond acceptors (Lipinski definition) is 3. The number of alkyl halides is 1. The number of Topliss-reactive ketones (excluding diaryl/α,β-unsaturated/α-hetero) is 1. The van der Waals surface area contributed by atoms with E-state index in [9.17, 15) is 9.59 Å². The number of hydrogen-bond donors (Lipinski definition) is 2. The van der Waals surface area contributed by atoms with Gasteiger partial charge in [-0.2, -0.15) is 0 Å². The number of benzene rings is 1. The van der Waals surface area contributed by atoms with Gasteiger partial charge in [0.25, 0.3) is 0 Å². The Morgan fingerprint density at radius 3 is 2.47 bits per heavy atom. The summed E-state index contributed by atoms with van der Waals surface area (Å²) in [7, 11) is 0. The average Bonchev–Trinajstić information content (AvgIpc) is 2.22. The molecule has 0 radical (unpaired) electrons. The zero-order chi connectivity index (χ0) is 13.0. The zero-order valence-electron chi connectivity index (χ0n) is 9.84. The van der Waals surface area contributed by atoms with Gasteiger partial charge in [-0.15, -0.1) is 11.6 Å². The second-order valence-electron chi connectivity index (χ2n) is 3.73. The first kappa shape index (κ1) is 13.5. The molecule has 0 saturated heterocycles. The number of nitrogen functional groups attached to an aromatic ring is 1. The van der Waals surface area contributed by atoms with E-state index in [4.69, 9.17) is 17.3 Å². The highest BCUT2D eigenvalue weighted by Gasteiger charge is 2.13. The number of carbonyl (C=O) groups is 2. The van der Waals surface area contributed by atoms with Crippen LogP contribution in [0.2, 0.25) is 0 Å². The molecule has 17 heavy (non-hydrogen) atoms. The highest BCUT2D eigenvalue weighted by molar-refractivity contribution is 6.18. The third kappa shape index (κ3) is 3.20. The molecule has 0 heterocycles. The summed E-state index contributed by atoms with van der Waals surface area (Å²) in [5, 5.41) is 2.68. The Morgan fingerprint density at radius 1 is 1.35 bits per heavy atom. The lowest BCUT2D eigenvalue weighted by molar-refractivity contribution is -0.114. The van der Waals surface area contributed by atoms with Gasteiger partial charge in [0.1, 0.15) is 0 Å². The van der Waals surface area contributed by atoms with Crippen molar-refractivity contribution in [2.75, 3.05) is 16.9 Å². The maximum atomic E-state index is 11.4. The standard InChI is InChI=1S/C12H15ClN2O2/c1-7(16)9-3-4-11(15-8(2)17)10(5-6-13)12(9)14/h3-4H,5-6,14H2,1-2H3,(H,15,17). The maximum absolute atomic E-state index is 11.4. The molecule has 0 aliphatic heterocycles. The fourth-order valence-electron chi connectivity index (χ4n) is 1.64. The van der Waals surface area contributed by atoms with E-state index in [1.54, 1.807) is 12.1 Å². The molecule has 0 unspecified atom stereocenters. The van der Waals surface area contributed by atoms with E-state index in [1.165, 1.54) is 13.8 Å². The van der Waals surface area contributed by atoms with Crippen LogP contribution < -0.4 is 11.1 Å². The number of halogens is 1. The van der Waals surface area contributed by atoms with Crippen molar-refractivity contribution in [1.82, 2.24) is 0 Å². The molecule has 0 atom stereocenters. The molecule has 0 aliphatic rings. The number of nitrogens with two attached hydrogens (primary N) is 1. The van der Waals surface area contributed by atoms with Crippen molar-refractivity contribution in [1.29, 1.82) is 0 Å². The fraction of sp³-hybridized carbons (Fsp3) is 0.333. The zero-order valence-corrected chi connectivity index (χ0v) is 10.6. The molecular formula is C12H15ClN2O2. The number of carbonyl (C=O) groups excluding carboxylic acids is 2. The topological polar surface area (TPSA) is 72.2 Å². The first-order valence-corrected chi connectivity index (χ1v) is 5.76. The van der Waals surface area contributed by atoms with Crippen molar-refractivity contribution < 1.29 is 9.59 Å². The third-order valence-corrected chi connectivity index (χ3v) is 2.58. The Hall–Kier alpha value is -1.55. The summed E-state index contributed by atoms with van der Waals surface area (Å²) < 4.78 is 0. The second-order valence-corrected chi connectivity index (χ2v) is 4.11. The van der Waals surface area contributed by atoms with Gasteiger partial charge in [0.15, 0.2) is 5.78 Å². The Kier molecular flexibility index (Phi) is 4.52. The van der Waals surface area contributed by atoms with Crippen LogP contribution in [0.4, 0.5) is 11.4 Å². The molecular weight excluding hydrogens is 240 g/mol. The number of amides is 1. The minimum Gasteiger partial charge on any atom is -0.398 e. The lowest BCUT2D eigenvalue weighted by atomic mass is 10.0. The van der Waals surface area contributed by atoms with Crippen LogP contribution in [0.15, 0.2) is 12.1 Å². The summed E-state index contributed by atoms with van der Waals surface area (Å²) in [6.07, 6.45) is 0.504. The van der Waals surface area contributed by atoms with Gasteiger partial charge in [-0.05, 0) is 25.5 Å². The molecule has 1 aromatic rings. The molecule has 0 spiro atoms. The summed E-state index contributed by atoms with van der Waals surface area (Å²) in [5.41, 5.74) is 8.09. The van der Waals surface area contributed by atoms with Crippen LogP contribution in [-0.2, 0) is 11.2 Å². The lowest BCUT2D eigenvalue weighted by Crippen LogP contribution is -2.12. The lowest BCUT2D eigenvalue weighted by Gasteiger charge is -2.14. The van der Waals surface area contributed by atoms with Gasteiger partial charge in [-0.25, -0.2) is 0 Å². The summed E-state index contributed by atoms with van der Waals surface area (Å²) >= 11 is 5.70. The van der Waals surface area contributed by atoms with Gasteiger partial charge in [0.2, 0.25) is 5.91 Å². The van der Waals surface area contributed by atoms with Crippen LogP contribution in [0.1, 0.15) is 29.8 Å². The summed E-state index contributed by atoms with van der Waals surface area (Å²) in [5.74, 6) is 0.0847. The van der Waals surface area contributed by atoms with Gasteiger partial charge < -0.3 is 11.1 Å². The van der Waals surface area contributed by atoms with Crippen LogP contribution in [0.5, 0.6) is 0 Å². The Balaban J connectivity index is 3.28. The molecule has 0 aliphatic carbocycles. The van der Waals surface area contributed by atoms with Gasteiger partial charge >= 0.3 is 0 Å². The fourth-order valence-corrected chi connectivity index (χ4v) is 1.83. The van der Waals surface area contributed by atoms with E-state index < -0.39 is 0 Å². The molecule has 1 amide bonds. The Bertz CT molecular complexity index is 458. The second kappa shape index (κ2) is 5.68. The van der Waals surface area contributed by atoms with Gasteiger partial charge in [-0.3, -0.25) is 9.59 Å². The number of ketones is 1. The summed E-state index contributed by atoms with van der Waals surface area (Å²) in [6.45, 7) is 2.87. The molecule has 0 saturated carbocycles. The molecule has 0 bridgehead atoms. The number of anilines is 2. The Labute approximate surface area is 105 Å². The van der Waals surface area contributed by atoms with Crippen molar-refractivity contribution in [3.8, 4) is 0 Å². The van der Waals surface area contributed by atoms with E-state index >= 15 is 0 Å². The predicted octanol–water partition coefficient (Wildman–Crippen LogP) is 2.21. The van der Waals surface area contributed by atoms with E-state index in [1.807, 2.05) is 0 Å². The predicted molar refractivity (Wildman–Crippen MR) is 69.6 cm³/mol. The average molecular weight is 255 g/mol. The van der Waals surface area contributed by atoms with E-state index in [0.717, 1.165) is 0 Å². The van der Waals surface area contributed by atoms with Crippen LogP contribution in [0.3, 0.4) is 0 Å². The summed E-state index contributed by atoms with van der Waals surface area (Å²) in [6, 6.07) is 3.29. The largest absolute Gasteiger partial charge is 0.398 e. The van der Waals surface area contributed by atoms with E-state index in [-0.39, 0.29) is 11.7 Å². The molecule has 0 aromatic heterocycles. The van der Waals surface area contributed by atoms with Crippen molar-refractivity contribution in [2.45, 2.75) is 20.3 Å². The van der Waals surface area contributed by atoms with Gasteiger partial charge in [0, 0.05) is 35.3 Å². The highest BCUT2D eigenvalue weighted by Crippen LogP contribution is 2.27. The quantitative estimate of drug-likeness (QED) is 0.492. The van der Waals surface area contributed by atoms with Gasteiger partial charge in [0.05, 0.1) is 0 Å². The minimum absolute atomic E-state index is 0.104. The molecule has 92 valence electrons. The van der Waals surface area contributed by atoms with Crippen LogP contribution >= 0.6 is 11.6 Å². The number of rotatable bonds is 4. The third-order valence-electron chi connectivity index (χ3n) is 2.39. The van der Waals surface area contributed by atoms with Crippen molar-refractivity contribution in [2.24, 2.45) is 0 Å². The molecule has 5 heteroatoms. The van der Waals surface area contributed by atoms with Crippen LogP contribution in [0, 0.1) is 0 Å². The molecule has 3 N–H and O–H groups in total. The monoisotopic (exact) mass is 254 g/mol. The van der Waals surface area contributed by atoms with Crippen LogP contribution in [-0.4, -0.2) is 17.6 Å². The minimum atomic E-state index is -0.184. The highest BCUT2D eigenvalue weighted by atomic mass is 35.5. The smallest absolute Gasteiger partial charge is 0.221 e. The molecule has 4 nitrogen and oxygen atoms in total. The molecule has 1 rings (SSSR count). The first-order valence-electron chi connectivity index (χ1n) is 5.23. The van der Waals surface area contributed by atoms with Crippen LogP contribution in [0.25, 0.3) is 0 Å². The van der Waals surface area contributed by atoms with Gasteiger partial charge in [-0.1, -0.05) is 0 Å². The van der Waals surface area contributed by atoms with Crippen molar-refractivity contribution in [3.63, 3.8) is 0 Å². The van der Waals surface area contributed by atoms with E-state index in [0.29, 0.717) is 34.8 Å². The number of nitrogens with one attached hydrogen (secondary N) is 1. The van der Waals surface area contributed by atoms with Crippen molar-refractivity contribution >= 4 is 34.7 Å². The summed E-state index contributed by atoms with van der Waals surface area (Å²) in [4.78, 5) is 22.4. The molecule has 1 aromatic carbocycles.